The average molecular weight is 384 g/mol. The first kappa shape index (κ1) is 14.4. The molecule has 0 radical (unpaired) electrons. The largest absolute Gasteiger partial charge is 0.380 e. The number of anilines is 1. The van der Waals surface area contributed by atoms with Crippen LogP contribution in [-0.4, -0.2) is 5.16 Å². The van der Waals surface area contributed by atoms with Crippen LogP contribution < -0.4 is 5.73 Å². The molecule has 6 heteroatoms. The highest BCUT2D eigenvalue weighted by molar-refractivity contribution is 9.10. The summed E-state index contributed by atoms with van der Waals surface area (Å²) in [7, 11) is 0. The molecule has 21 heavy (non-hydrogen) atoms. The lowest BCUT2D eigenvalue weighted by atomic mass is 10.0. The molecule has 0 aliphatic heterocycles. The van der Waals surface area contributed by atoms with Crippen molar-refractivity contribution in [3.63, 3.8) is 0 Å². The van der Waals surface area contributed by atoms with Crippen molar-refractivity contribution in [1.82, 2.24) is 5.16 Å². The van der Waals surface area contributed by atoms with Crippen LogP contribution in [0.15, 0.2) is 51.5 Å². The zero-order valence-corrected chi connectivity index (χ0v) is 13.7. The molecular weight excluding hydrogens is 375 g/mol. The Balaban J connectivity index is 2.21. The Hall–Kier alpha value is -1.49. The second kappa shape index (κ2) is 5.72. The summed E-state index contributed by atoms with van der Waals surface area (Å²) >= 11 is 15.5. The minimum Gasteiger partial charge on any atom is -0.380 e. The number of hydrogen-bond donors (Lipinski definition) is 1. The van der Waals surface area contributed by atoms with Gasteiger partial charge in [0.05, 0.1) is 5.56 Å². The van der Waals surface area contributed by atoms with E-state index in [-0.39, 0.29) is 0 Å². The lowest BCUT2D eigenvalue weighted by Gasteiger charge is -2.04. The molecule has 3 nitrogen and oxygen atoms in total. The summed E-state index contributed by atoms with van der Waals surface area (Å²) in [5.74, 6) is 0.856. The molecule has 1 aromatic heterocycles. The summed E-state index contributed by atoms with van der Waals surface area (Å²) in [5, 5.41) is 4.90. The Labute approximate surface area is 139 Å². The molecule has 3 aromatic rings. The summed E-state index contributed by atoms with van der Waals surface area (Å²) in [6, 6.07) is 12.9. The van der Waals surface area contributed by atoms with Crippen molar-refractivity contribution in [2.24, 2.45) is 0 Å². The van der Waals surface area contributed by atoms with Crippen molar-refractivity contribution >= 4 is 44.9 Å². The van der Waals surface area contributed by atoms with Crippen LogP contribution in [0, 0.1) is 0 Å². The van der Waals surface area contributed by atoms with E-state index in [0.29, 0.717) is 21.6 Å². The van der Waals surface area contributed by atoms with Crippen LogP contribution >= 0.6 is 39.1 Å². The van der Waals surface area contributed by atoms with Crippen molar-refractivity contribution in [3.8, 4) is 22.5 Å². The van der Waals surface area contributed by atoms with Gasteiger partial charge in [-0.3, -0.25) is 0 Å². The Bertz CT molecular complexity index is 797. The first-order valence-corrected chi connectivity index (χ1v) is 7.57. The Morgan fingerprint density at radius 3 is 2.38 bits per heavy atom. The van der Waals surface area contributed by atoms with Crippen molar-refractivity contribution in [2.75, 3.05) is 5.73 Å². The van der Waals surface area contributed by atoms with Gasteiger partial charge in [-0.15, -0.1) is 0 Å². The van der Waals surface area contributed by atoms with Crippen LogP contribution in [0.5, 0.6) is 0 Å². The maximum Gasteiger partial charge on any atom is 0.177 e. The van der Waals surface area contributed by atoms with Crippen molar-refractivity contribution in [2.45, 2.75) is 0 Å². The monoisotopic (exact) mass is 382 g/mol. The van der Waals surface area contributed by atoms with Gasteiger partial charge in [0.2, 0.25) is 0 Å². The quantitative estimate of drug-likeness (QED) is 0.621. The SMILES string of the molecule is Nc1noc(-c2cc(Cl)cc(Cl)c2)c1-c1cccc(Br)c1. The van der Waals surface area contributed by atoms with Gasteiger partial charge in [-0.2, -0.15) is 0 Å². The van der Waals surface area contributed by atoms with E-state index in [0.717, 1.165) is 21.2 Å². The van der Waals surface area contributed by atoms with Gasteiger partial charge >= 0.3 is 0 Å². The standard InChI is InChI=1S/C15H9BrCl2N2O/c16-10-3-1-2-8(4-10)13-14(21-20-15(13)19)9-5-11(17)7-12(18)6-9/h1-7H,(H2,19,20). The number of nitrogens with zero attached hydrogens (tertiary/aromatic N) is 1. The van der Waals surface area contributed by atoms with Crippen LogP contribution in [0.25, 0.3) is 22.5 Å². The molecule has 0 fully saturated rings. The molecule has 0 saturated heterocycles. The fraction of sp³-hybridized carbons (Fsp3) is 0. The molecule has 2 N–H and O–H groups in total. The molecule has 0 amide bonds. The Kier molecular flexibility index (Phi) is 3.93. The Morgan fingerprint density at radius 1 is 1.00 bits per heavy atom. The van der Waals surface area contributed by atoms with Gasteiger partial charge in [0, 0.05) is 20.1 Å². The number of nitrogen functional groups attached to an aromatic ring is 1. The highest BCUT2D eigenvalue weighted by Crippen LogP contribution is 2.39. The second-order valence-corrected chi connectivity index (χ2v) is 6.23. The van der Waals surface area contributed by atoms with Gasteiger partial charge in [0.25, 0.3) is 0 Å². The van der Waals surface area contributed by atoms with Crippen LogP contribution in [0.1, 0.15) is 0 Å². The summed E-state index contributed by atoms with van der Waals surface area (Å²) in [4.78, 5) is 0. The maximum absolute atomic E-state index is 6.05. The molecular formula is C15H9BrCl2N2O. The number of rotatable bonds is 2. The van der Waals surface area contributed by atoms with Gasteiger partial charge in [-0.1, -0.05) is 56.4 Å². The predicted molar refractivity (Wildman–Crippen MR) is 89.5 cm³/mol. The second-order valence-electron chi connectivity index (χ2n) is 4.44. The van der Waals surface area contributed by atoms with Crippen molar-refractivity contribution in [1.29, 1.82) is 0 Å². The summed E-state index contributed by atoms with van der Waals surface area (Å²) < 4.78 is 6.32. The third-order valence-electron chi connectivity index (χ3n) is 2.96. The van der Waals surface area contributed by atoms with Gasteiger partial charge < -0.3 is 10.3 Å². The van der Waals surface area contributed by atoms with Gasteiger partial charge in [-0.05, 0) is 35.9 Å². The third kappa shape index (κ3) is 2.93. The first-order valence-electron chi connectivity index (χ1n) is 6.02. The van der Waals surface area contributed by atoms with Crippen molar-refractivity contribution in [3.05, 3.63) is 57.0 Å². The van der Waals surface area contributed by atoms with E-state index in [4.69, 9.17) is 33.5 Å². The minimum atomic E-state index is 0.319. The first-order chi connectivity index (χ1) is 10.0. The molecule has 0 unspecified atom stereocenters. The summed E-state index contributed by atoms with van der Waals surface area (Å²) in [6.45, 7) is 0. The van der Waals surface area contributed by atoms with Gasteiger partial charge in [0.15, 0.2) is 11.6 Å². The van der Waals surface area contributed by atoms with Crippen LogP contribution in [-0.2, 0) is 0 Å². The van der Waals surface area contributed by atoms with E-state index in [2.05, 4.69) is 21.1 Å². The fourth-order valence-electron chi connectivity index (χ4n) is 2.11. The fourth-order valence-corrected chi connectivity index (χ4v) is 3.03. The molecule has 2 aromatic carbocycles. The lowest BCUT2D eigenvalue weighted by molar-refractivity contribution is 0.436. The van der Waals surface area contributed by atoms with E-state index >= 15 is 0 Å². The van der Waals surface area contributed by atoms with Gasteiger partial charge in [-0.25, -0.2) is 0 Å². The van der Waals surface area contributed by atoms with Crippen LogP contribution in [0.3, 0.4) is 0 Å². The summed E-state index contributed by atoms with van der Waals surface area (Å²) in [5.41, 5.74) is 8.29. The molecule has 106 valence electrons. The molecule has 0 aliphatic carbocycles. The maximum atomic E-state index is 6.05. The Morgan fingerprint density at radius 2 is 1.71 bits per heavy atom. The zero-order chi connectivity index (χ0) is 15.0. The number of aromatic nitrogens is 1. The molecule has 0 bridgehead atoms. The van der Waals surface area contributed by atoms with Gasteiger partial charge in [0.1, 0.15) is 0 Å². The normalized spacial score (nSPS) is 10.8. The average Bonchev–Trinajstić information content (AvgIpc) is 2.79. The number of nitrogens with two attached hydrogens (primary N) is 1. The topological polar surface area (TPSA) is 52.0 Å². The highest BCUT2D eigenvalue weighted by atomic mass is 79.9. The van der Waals surface area contributed by atoms with Crippen LogP contribution in [0.4, 0.5) is 5.82 Å². The number of hydrogen-bond acceptors (Lipinski definition) is 3. The number of benzene rings is 2. The predicted octanol–water partition coefficient (Wildman–Crippen LogP) is 5.66. The highest BCUT2D eigenvalue weighted by Gasteiger charge is 2.18. The van der Waals surface area contributed by atoms with E-state index in [9.17, 15) is 0 Å². The van der Waals surface area contributed by atoms with E-state index < -0.39 is 0 Å². The minimum absolute atomic E-state index is 0.319. The molecule has 0 aliphatic rings. The molecule has 0 spiro atoms. The molecule has 3 rings (SSSR count). The van der Waals surface area contributed by atoms with Crippen LogP contribution in [0.2, 0.25) is 10.0 Å². The van der Waals surface area contributed by atoms with E-state index in [1.54, 1.807) is 18.2 Å². The molecule has 1 heterocycles. The third-order valence-corrected chi connectivity index (χ3v) is 3.89. The summed E-state index contributed by atoms with van der Waals surface area (Å²) in [6.07, 6.45) is 0. The smallest absolute Gasteiger partial charge is 0.177 e. The van der Waals surface area contributed by atoms with Crippen molar-refractivity contribution < 1.29 is 4.52 Å². The molecule has 0 saturated carbocycles. The molecule has 0 atom stereocenters. The van der Waals surface area contributed by atoms with E-state index in [1.165, 1.54) is 0 Å². The zero-order valence-electron chi connectivity index (χ0n) is 10.6. The number of halogens is 3. The van der Waals surface area contributed by atoms with E-state index in [1.807, 2.05) is 24.3 Å². The lowest BCUT2D eigenvalue weighted by Crippen LogP contribution is -1.89.